The SMILES string of the molecule is CC(C)c1ncc(NN)c(C(=O)NCc2cc(Br)cs2)n1. The summed E-state index contributed by atoms with van der Waals surface area (Å²) in [4.78, 5) is 21.8. The van der Waals surface area contributed by atoms with Crippen LogP contribution in [0.1, 0.15) is 41.0 Å². The van der Waals surface area contributed by atoms with Crippen molar-refractivity contribution in [3.63, 3.8) is 0 Å². The third-order valence-electron chi connectivity index (χ3n) is 2.74. The zero-order chi connectivity index (χ0) is 15.4. The van der Waals surface area contributed by atoms with E-state index >= 15 is 0 Å². The van der Waals surface area contributed by atoms with Crippen molar-refractivity contribution in [3.05, 3.63) is 38.5 Å². The molecule has 0 aliphatic heterocycles. The molecule has 2 aromatic heterocycles. The van der Waals surface area contributed by atoms with Crippen LogP contribution in [0, 0.1) is 0 Å². The van der Waals surface area contributed by atoms with E-state index in [-0.39, 0.29) is 17.5 Å². The molecule has 0 saturated heterocycles. The quantitative estimate of drug-likeness (QED) is 0.556. The third kappa shape index (κ3) is 3.99. The summed E-state index contributed by atoms with van der Waals surface area (Å²) in [7, 11) is 0. The van der Waals surface area contributed by atoms with Crippen LogP contribution in [0.25, 0.3) is 0 Å². The first-order chi connectivity index (χ1) is 10.0. The average molecular weight is 370 g/mol. The maximum absolute atomic E-state index is 12.3. The fraction of sp³-hybridized carbons (Fsp3) is 0.308. The number of thiophene rings is 1. The van der Waals surface area contributed by atoms with Crippen LogP contribution >= 0.6 is 27.3 Å². The van der Waals surface area contributed by atoms with Gasteiger partial charge >= 0.3 is 0 Å². The molecule has 0 bridgehead atoms. The Hall–Kier alpha value is -1.51. The van der Waals surface area contributed by atoms with Crippen LogP contribution in [0.4, 0.5) is 5.69 Å². The molecule has 4 N–H and O–H groups in total. The molecule has 0 aliphatic rings. The van der Waals surface area contributed by atoms with Gasteiger partial charge in [-0.25, -0.2) is 9.97 Å². The van der Waals surface area contributed by atoms with Gasteiger partial charge in [0.1, 0.15) is 5.82 Å². The maximum Gasteiger partial charge on any atom is 0.272 e. The Morgan fingerprint density at radius 2 is 2.29 bits per heavy atom. The van der Waals surface area contributed by atoms with Crippen molar-refractivity contribution >= 4 is 38.9 Å². The fourth-order valence-corrected chi connectivity index (χ4v) is 3.04. The van der Waals surface area contributed by atoms with Gasteiger partial charge in [0.25, 0.3) is 5.91 Å². The van der Waals surface area contributed by atoms with E-state index in [4.69, 9.17) is 5.84 Å². The third-order valence-corrected chi connectivity index (χ3v) is 4.44. The van der Waals surface area contributed by atoms with Crippen LogP contribution in [-0.4, -0.2) is 15.9 Å². The first-order valence-corrected chi connectivity index (χ1v) is 8.03. The molecule has 6 nitrogen and oxygen atoms in total. The Bertz CT molecular complexity index is 643. The van der Waals surface area contributed by atoms with Crippen molar-refractivity contribution in [2.24, 2.45) is 5.84 Å². The van der Waals surface area contributed by atoms with E-state index < -0.39 is 0 Å². The molecule has 0 aliphatic carbocycles. The van der Waals surface area contributed by atoms with Gasteiger partial charge in [0.15, 0.2) is 5.69 Å². The Kier molecular flexibility index (Phi) is 5.27. The highest BCUT2D eigenvalue weighted by molar-refractivity contribution is 9.10. The van der Waals surface area contributed by atoms with Crippen LogP contribution in [0.15, 0.2) is 22.1 Å². The molecule has 2 heterocycles. The molecule has 8 heteroatoms. The summed E-state index contributed by atoms with van der Waals surface area (Å²) in [5, 5.41) is 4.80. The molecule has 0 aromatic carbocycles. The molecule has 112 valence electrons. The first kappa shape index (κ1) is 15.9. The minimum atomic E-state index is -0.281. The van der Waals surface area contributed by atoms with Crippen molar-refractivity contribution in [1.29, 1.82) is 0 Å². The Labute approximate surface area is 135 Å². The second kappa shape index (κ2) is 6.97. The van der Waals surface area contributed by atoms with Gasteiger partial charge in [0.05, 0.1) is 18.4 Å². The number of halogens is 1. The van der Waals surface area contributed by atoms with Crippen LogP contribution in [-0.2, 0) is 6.54 Å². The first-order valence-electron chi connectivity index (χ1n) is 6.36. The lowest BCUT2D eigenvalue weighted by molar-refractivity contribution is 0.0946. The number of carbonyl (C=O) groups is 1. The van der Waals surface area contributed by atoms with E-state index in [0.29, 0.717) is 18.1 Å². The summed E-state index contributed by atoms with van der Waals surface area (Å²) in [6.07, 6.45) is 1.53. The van der Waals surface area contributed by atoms with Gasteiger partial charge in [-0.2, -0.15) is 0 Å². The molecule has 0 saturated carbocycles. The highest BCUT2D eigenvalue weighted by Gasteiger charge is 2.16. The molecule has 2 rings (SSSR count). The highest BCUT2D eigenvalue weighted by Crippen LogP contribution is 2.20. The summed E-state index contributed by atoms with van der Waals surface area (Å²) in [6, 6.07) is 1.96. The average Bonchev–Trinajstić information content (AvgIpc) is 2.89. The number of rotatable bonds is 5. The summed E-state index contributed by atoms with van der Waals surface area (Å²) in [6.45, 7) is 4.38. The topological polar surface area (TPSA) is 92.9 Å². The number of nitrogen functional groups attached to an aromatic ring is 1. The van der Waals surface area contributed by atoms with Crippen molar-refractivity contribution in [1.82, 2.24) is 15.3 Å². The van der Waals surface area contributed by atoms with Gasteiger partial charge in [-0.15, -0.1) is 11.3 Å². The number of aromatic nitrogens is 2. The molecular formula is C13H16BrN5OS. The summed E-state index contributed by atoms with van der Waals surface area (Å²) >= 11 is 4.95. The number of anilines is 1. The van der Waals surface area contributed by atoms with E-state index in [2.05, 4.69) is 36.6 Å². The van der Waals surface area contributed by atoms with Gasteiger partial charge in [0.2, 0.25) is 0 Å². The monoisotopic (exact) mass is 369 g/mol. The zero-order valence-electron chi connectivity index (χ0n) is 11.7. The second-order valence-corrected chi connectivity index (χ2v) is 6.61. The summed E-state index contributed by atoms with van der Waals surface area (Å²) < 4.78 is 1.00. The Morgan fingerprint density at radius 3 is 2.86 bits per heavy atom. The van der Waals surface area contributed by atoms with Crippen LogP contribution in [0.5, 0.6) is 0 Å². The van der Waals surface area contributed by atoms with Gasteiger partial charge in [0, 0.05) is 20.6 Å². The van der Waals surface area contributed by atoms with Crippen LogP contribution in [0.3, 0.4) is 0 Å². The lowest BCUT2D eigenvalue weighted by Gasteiger charge is -2.11. The molecule has 0 unspecified atom stereocenters. The van der Waals surface area contributed by atoms with Gasteiger partial charge in [-0.05, 0) is 22.0 Å². The molecule has 0 fully saturated rings. The van der Waals surface area contributed by atoms with Gasteiger partial charge < -0.3 is 10.7 Å². The number of hydrogen-bond acceptors (Lipinski definition) is 6. The van der Waals surface area contributed by atoms with Crippen LogP contribution < -0.4 is 16.6 Å². The molecule has 1 amide bonds. The molecule has 0 atom stereocenters. The molecule has 2 aromatic rings. The van der Waals surface area contributed by atoms with Gasteiger partial charge in [-0.3, -0.25) is 10.6 Å². The van der Waals surface area contributed by atoms with E-state index in [9.17, 15) is 4.79 Å². The zero-order valence-corrected chi connectivity index (χ0v) is 14.1. The van der Waals surface area contributed by atoms with Crippen molar-refractivity contribution < 1.29 is 4.79 Å². The summed E-state index contributed by atoms with van der Waals surface area (Å²) in [5.74, 6) is 5.88. The lowest BCUT2D eigenvalue weighted by Crippen LogP contribution is -2.26. The van der Waals surface area contributed by atoms with E-state index in [1.54, 1.807) is 11.3 Å². The number of amides is 1. The van der Waals surface area contributed by atoms with Crippen LogP contribution in [0.2, 0.25) is 0 Å². The molecule has 21 heavy (non-hydrogen) atoms. The Morgan fingerprint density at radius 1 is 1.52 bits per heavy atom. The molecule has 0 spiro atoms. The van der Waals surface area contributed by atoms with Crippen molar-refractivity contribution in [2.45, 2.75) is 26.3 Å². The van der Waals surface area contributed by atoms with E-state index in [1.165, 1.54) is 6.20 Å². The number of hydrogen-bond donors (Lipinski definition) is 3. The number of hydrazine groups is 1. The predicted molar refractivity (Wildman–Crippen MR) is 87.1 cm³/mol. The second-order valence-electron chi connectivity index (χ2n) is 4.70. The largest absolute Gasteiger partial charge is 0.346 e. The maximum atomic E-state index is 12.3. The number of nitrogens with zero attached hydrogens (tertiary/aromatic N) is 2. The van der Waals surface area contributed by atoms with Gasteiger partial charge in [-0.1, -0.05) is 13.8 Å². The highest BCUT2D eigenvalue weighted by atomic mass is 79.9. The van der Waals surface area contributed by atoms with E-state index in [1.807, 2.05) is 25.3 Å². The van der Waals surface area contributed by atoms with E-state index in [0.717, 1.165) is 9.35 Å². The normalized spacial score (nSPS) is 10.7. The smallest absolute Gasteiger partial charge is 0.272 e. The molecular weight excluding hydrogens is 354 g/mol. The lowest BCUT2D eigenvalue weighted by atomic mass is 10.2. The number of nitrogens with one attached hydrogen (secondary N) is 2. The summed E-state index contributed by atoms with van der Waals surface area (Å²) in [5.41, 5.74) is 3.12. The number of carbonyl (C=O) groups excluding carboxylic acids is 1. The molecule has 0 radical (unpaired) electrons. The predicted octanol–water partition coefficient (Wildman–Crippen LogP) is 2.64. The minimum absolute atomic E-state index is 0.136. The fourth-order valence-electron chi connectivity index (χ4n) is 1.65. The standard InChI is InChI=1S/C13H16BrN5OS/c1-7(2)12-16-5-10(19-15)11(18-12)13(20)17-4-9-3-8(14)6-21-9/h3,5-7,19H,4,15H2,1-2H3,(H,17,20). The van der Waals surface area contributed by atoms with Crippen molar-refractivity contribution in [2.75, 3.05) is 5.43 Å². The minimum Gasteiger partial charge on any atom is -0.346 e. The van der Waals surface area contributed by atoms with Crippen molar-refractivity contribution in [3.8, 4) is 0 Å². The Balaban J connectivity index is 2.15. The number of nitrogens with two attached hydrogens (primary N) is 1.